The van der Waals surface area contributed by atoms with Crippen molar-refractivity contribution < 1.29 is 14.7 Å². The summed E-state index contributed by atoms with van der Waals surface area (Å²) in [5, 5.41) is 11.0. The van der Waals surface area contributed by atoms with Gasteiger partial charge in [0.1, 0.15) is 0 Å². The van der Waals surface area contributed by atoms with Gasteiger partial charge in [-0.3, -0.25) is 4.79 Å². The highest BCUT2D eigenvalue weighted by Gasteiger charge is 2.32. The fourth-order valence-electron chi connectivity index (χ4n) is 0.528. The molecule has 0 aliphatic carbocycles. The van der Waals surface area contributed by atoms with Gasteiger partial charge in [-0.25, -0.2) is 4.79 Å². The molecule has 4 nitrogen and oxygen atoms in total. The fraction of sp³-hybridized carbons (Fsp3) is 0.667. The van der Waals surface area contributed by atoms with E-state index in [1.54, 1.807) is 6.26 Å². The topological polar surface area (TPSA) is 66.4 Å². The third-order valence-corrected chi connectivity index (χ3v) is 2.32. The zero-order chi connectivity index (χ0) is 9.07. The monoisotopic (exact) mass is 177 g/mol. The molecule has 0 rings (SSSR count). The molecule has 0 unspecified atom stereocenters. The average Bonchev–Trinajstić information content (AvgIpc) is 1.86. The van der Waals surface area contributed by atoms with Crippen LogP contribution in [0.3, 0.4) is 0 Å². The number of carbonyl (C=O) groups is 2. The molecule has 5 heteroatoms. The van der Waals surface area contributed by atoms with Crippen molar-refractivity contribution in [1.82, 2.24) is 5.32 Å². The number of carbonyl (C=O) groups excluding carboxylic acids is 1. The number of carboxylic acid groups (broad SMARTS) is 1. The number of amides is 1. The Hall–Kier alpha value is -0.710. The molecule has 0 aliphatic heterocycles. The Morgan fingerprint density at radius 1 is 1.55 bits per heavy atom. The highest BCUT2D eigenvalue weighted by atomic mass is 32.2. The molecule has 0 spiro atoms. The lowest BCUT2D eigenvalue weighted by molar-refractivity contribution is -0.142. The van der Waals surface area contributed by atoms with Crippen LogP contribution in [-0.2, 0) is 9.59 Å². The smallest absolute Gasteiger partial charge is 0.339 e. The first-order valence-corrected chi connectivity index (χ1v) is 4.22. The zero-order valence-corrected chi connectivity index (χ0v) is 7.49. The fourth-order valence-corrected chi connectivity index (χ4v) is 0.948. The third-order valence-electron chi connectivity index (χ3n) is 1.23. The van der Waals surface area contributed by atoms with Crippen molar-refractivity contribution in [2.24, 2.45) is 0 Å². The molecule has 0 aromatic rings. The van der Waals surface area contributed by atoms with E-state index in [1.165, 1.54) is 13.8 Å². The molecular weight excluding hydrogens is 166 g/mol. The minimum atomic E-state index is -1.20. The summed E-state index contributed by atoms with van der Waals surface area (Å²) >= 11 is 1.08. The Labute approximate surface area is 69.4 Å². The molecule has 0 aromatic carbocycles. The largest absolute Gasteiger partial charge is 0.479 e. The van der Waals surface area contributed by atoms with E-state index in [2.05, 4.69) is 5.32 Å². The average molecular weight is 177 g/mol. The van der Waals surface area contributed by atoms with Crippen LogP contribution < -0.4 is 5.32 Å². The maximum Gasteiger partial charge on any atom is 0.339 e. The number of aliphatic carboxylic acids is 1. The van der Waals surface area contributed by atoms with Gasteiger partial charge in [0.05, 0.1) is 0 Å². The Kier molecular flexibility index (Phi) is 3.38. The van der Waals surface area contributed by atoms with Crippen LogP contribution in [0.15, 0.2) is 0 Å². The van der Waals surface area contributed by atoms with Crippen LogP contribution in [0.1, 0.15) is 13.8 Å². The van der Waals surface area contributed by atoms with Crippen LogP contribution in [0.2, 0.25) is 0 Å². The number of carboxylic acids is 1. The van der Waals surface area contributed by atoms with E-state index in [0.29, 0.717) is 0 Å². The van der Waals surface area contributed by atoms with Crippen LogP contribution >= 0.6 is 11.8 Å². The van der Waals surface area contributed by atoms with Gasteiger partial charge in [-0.15, -0.1) is 11.8 Å². The quantitative estimate of drug-likeness (QED) is 0.608. The van der Waals surface area contributed by atoms with Crippen LogP contribution in [0.25, 0.3) is 0 Å². The van der Waals surface area contributed by atoms with E-state index < -0.39 is 10.8 Å². The second-order valence-corrected chi connectivity index (χ2v) is 3.45. The number of thioether (sulfide) groups is 1. The van der Waals surface area contributed by atoms with E-state index in [9.17, 15) is 9.59 Å². The Morgan fingerprint density at radius 2 is 2.00 bits per heavy atom. The summed E-state index contributed by atoms with van der Waals surface area (Å²) < 4.78 is 0. The minimum Gasteiger partial charge on any atom is -0.479 e. The van der Waals surface area contributed by atoms with E-state index in [1.807, 2.05) is 0 Å². The summed E-state index contributed by atoms with van der Waals surface area (Å²) in [5.74, 6) is -1.38. The van der Waals surface area contributed by atoms with Gasteiger partial charge in [-0.2, -0.15) is 0 Å². The summed E-state index contributed by atoms with van der Waals surface area (Å²) in [5.41, 5.74) is 0. The molecule has 64 valence electrons. The van der Waals surface area contributed by atoms with Crippen LogP contribution in [0.4, 0.5) is 0 Å². The van der Waals surface area contributed by atoms with Crippen LogP contribution in [-0.4, -0.2) is 28.1 Å². The molecule has 1 amide bonds. The van der Waals surface area contributed by atoms with Gasteiger partial charge in [0.25, 0.3) is 0 Å². The Balaban J connectivity index is 4.34. The van der Waals surface area contributed by atoms with Crippen molar-refractivity contribution in [3.63, 3.8) is 0 Å². The predicted octanol–water partition coefficient (Wildman–Crippen LogP) is 0.286. The molecule has 0 radical (unpaired) electrons. The molecule has 11 heavy (non-hydrogen) atoms. The first-order valence-electron chi connectivity index (χ1n) is 2.99. The second kappa shape index (κ2) is 3.61. The predicted molar refractivity (Wildman–Crippen MR) is 43.4 cm³/mol. The van der Waals surface area contributed by atoms with Crippen molar-refractivity contribution in [3.05, 3.63) is 0 Å². The minimum absolute atomic E-state index is 0.343. The van der Waals surface area contributed by atoms with Gasteiger partial charge in [0.2, 0.25) is 5.91 Å². The van der Waals surface area contributed by atoms with E-state index in [-0.39, 0.29) is 5.91 Å². The SMILES string of the molecule is CS[C@@](C)(NC(C)=O)C(=O)O. The van der Waals surface area contributed by atoms with Gasteiger partial charge in [0.15, 0.2) is 4.87 Å². The van der Waals surface area contributed by atoms with E-state index >= 15 is 0 Å². The van der Waals surface area contributed by atoms with Crippen molar-refractivity contribution in [1.29, 1.82) is 0 Å². The summed E-state index contributed by atoms with van der Waals surface area (Å²) in [7, 11) is 0. The lowest BCUT2D eigenvalue weighted by atomic mass is 10.3. The van der Waals surface area contributed by atoms with Crippen LogP contribution in [0.5, 0.6) is 0 Å². The summed E-state index contributed by atoms with van der Waals surface area (Å²) in [6.45, 7) is 2.73. The second-order valence-electron chi connectivity index (χ2n) is 2.22. The Morgan fingerprint density at radius 3 is 2.09 bits per heavy atom. The zero-order valence-electron chi connectivity index (χ0n) is 6.67. The molecule has 0 bridgehead atoms. The molecule has 0 saturated carbocycles. The van der Waals surface area contributed by atoms with Gasteiger partial charge in [0, 0.05) is 6.92 Å². The van der Waals surface area contributed by atoms with E-state index in [4.69, 9.17) is 5.11 Å². The molecule has 1 atom stereocenters. The van der Waals surface area contributed by atoms with Crippen molar-refractivity contribution in [3.8, 4) is 0 Å². The number of nitrogens with one attached hydrogen (secondary N) is 1. The first-order chi connectivity index (χ1) is 4.92. The summed E-state index contributed by atoms with van der Waals surface area (Å²) in [4.78, 5) is 19.9. The first kappa shape index (κ1) is 10.3. The molecular formula is C6H11NO3S. The Bertz CT molecular complexity index is 183. The van der Waals surface area contributed by atoms with E-state index in [0.717, 1.165) is 11.8 Å². The molecule has 0 heterocycles. The van der Waals surface area contributed by atoms with Crippen molar-refractivity contribution in [2.75, 3.05) is 6.26 Å². The number of rotatable bonds is 3. The highest BCUT2D eigenvalue weighted by Crippen LogP contribution is 2.18. The number of hydrogen-bond donors (Lipinski definition) is 2. The maximum absolute atomic E-state index is 10.6. The normalized spacial score (nSPS) is 15.2. The molecule has 0 aliphatic rings. The molecule has 0 aromatic heterocycles. The standard InChI is InChI=1S/C6H11NO3S/c1-4(8)7-6(2,11-3)5(9)10/h1-3H3,(H,7,8)(H,9,10)/t6-/m1/s1. The summed E-state index contributed by atoms with van der Waals surface area (Å²) in [6.07, 6.45) is 1.63. The van der Waals surface area contributed by atoms with Crippen LogP contribution in [0, 0.1) is 0 Å². The molecule has 0 saturated heterocycles. The van der Waals surface area contributed by atoms with Gasteiger partial charge >= 0.3 is 5.97 Å². The van der Waals surface area contributed by atoms with Gasteiger partial charge in [-0.05, 0) is 13.2 Å². The highest BCUT2D eigenvalue weighted by molar-refractivity contribution is 8.00. The lowest BCUT2D eigenvalue weighted by Crippen LogP contribution is -2.48. The van der Waals surface area contributed by atoms with Crippen molar-refractivity contribution >= 4 is 23.6 Å². The third kappa shape index (κ3) is 2.80. The maximum atomic E-state index is 10.6. The molecule has 2 N–H and O–H groups in total. The summed E-state index contributed by atoms with van der Waals surface area (Å²) in [6, 6.07) is 0. The lowest BCUT2D eigenvalue weighted by Gasteiger charge is -2.22. The van der Waals surface area contributed by atoms with Crippen molar-refractivity contribution in [2.45, 2.75) is 18.7 Å². The molecule has 0 fully saturated rings. The van der Waals surface area contributed by atoms with Gasteiger partial charge < -0.3 is 10.4 Å². The van der Waals surface area contributed by atoms with Gasteiger partial charge in [-0.1, -0.05) is 0 Å². The number of hydrogen-bond acceptors (Lipinski definition) is 3.